The number of rotatable bonds is 3. The summed E-state index contributed by atoms with van der Waals surface area (Å²) in [6, 6.07) is 7.32. The fourth-order valence-electron chi connectivity index (χ4n) is 1.39. The fourth-order valence-corrected chi connectivity index (χ4v) is 2.66. The average Bonchev–Trinajstić information content (AvgIpc) is 2.70. The molecule has 0 aliphatic rings. The predicted octanol–water partition coefficient (Wildman–Crippen LogP) is 4.23. The van der Waals surface area contributed by atoms with Crippen LogP contribution in [0.2, 0.25) is 0 Å². The summed E-state index contributed by atoms with van der Waals surface area (Å²) in [6.07, 6.45) is 3.51. The van der Waals surface area contributed by atoms with Gasteiger partial charge in [-0.3, -0.25) is 4.79 Å². The molecule has 0 radical (unpaired) electrons. The molecule has 82 valence electrons. The lowest BCUT2D eigenvalue weighted by molar-refractivity contribution is 0.0992. The molecule has 0 fully saturated rings. The van der Waals surface area contributed by atoms with Crippen LogP contribution >= 0.6 is 31.9 Å². The van der Waals surface area contributed by atoms with Gasteiger partial charge in [0.1, 0.15) is 0 Å². The van der Waals surface area contributed by atoms with E-state index in [2.05, 4.69) is 31.9 Å². The first-order valence-electron chi connectivity index (χ1n) is 4.66. The first-order chi connectivity index (χ1) is 7.66. The van der Waals surface area contributed by atoms with Crippen molar-refractivity contribution in [3.05, 3.63) is 56.9 Å². The zero-order valence-corrected chi connectivity index (χ0v) is 11.4. The Hall–Kier alpha value is -0.870. The minimum atomic E-state index is 0.0702. The third-order valence-corrected chi connectivity index (χ3v) is 3.33. The number of benzene rings is 1. The number of hydrogen-bond donors (Lipinski definition) is 0. The smallest absolute Gasteiger partial charge is 0.168 e. The van der Waals surface area contributed by atoms with Crippen LogP contribution in [0.25, 0.3) is 0 Å². The van der Waals surface area contributed by atoms with Crippen molar-refractivity contribution < 1.29 is 9.21 Å². The highest BCUT2D eigenvalue weighted by molar-refractivity contribution is 9.11. The molecule has 0 amide bonds. The SMILES string of the molecule is O=C(Cc1ccoc1)c1ccc(Br)cc1Br. The summed E-state index contributed by atoms with van der Waals surface area (Å²) >= 11 is 6.73. The van der Waals surface area contributed by atoms with Crippen molar-refractivity contribution in [2.45, 2.75) is 6.42 Å². The monoisotopic (exact) mass is 342 g/mol. The van der Waals surface area contributed by atoms with Gasteiger partial charge >= 0.3 is 0 Å². The second-order valence-corrected chi connectivity index (χ2v) is 5.13. The van der Waals surface area contributed by atoms with Gasteiger partial charge in [0.25, 0.3) is 0 Å². The molecule has 0 spiro atoms. The molecule has 0 unspecified atom stereocenters. The molecular weight excluding hydrogens is 336 g/mol. The van der Waals surface area contributed by atoms with Gasteiger partial charge in [-0.25, -0.2) is 0 Å². The van der Waals surface area contributed by atoms with E-state index in [1.807, 2.05) is 12.1 Å². The maximum Gasteiger partial charge on any atom is 0.168 e. The van der Waals surface area contributed by atoms with Gasteiger partial charge in [0, 0.05) is 20.9 Å². The van der Waals surface area contributed by atoms with E-state index in [4.69, 9.17) is 4.42 Å². The Morgan fingerprint density at radius 2 is 2.06 bits per heavy atom. The zero-order chi connectivity index (χ0) is 11.5. The van der Waals surface area contributed by atoms with Crippen LogP contribution in [-0.2, 0) is 6.42 Å². The number of carbonyl (C=O) groups is 1. The number of Topliss-reactive ketones (excluding diaryl/α,β-unsaturated/α-hetero) is 1. The van der Waals surface area contributed by atoms with E-state index >= 15 is 0 Å². The average molecular weight is 344 g/mol. The van der Waals surface area contributed by atoms with Gasteiger partial charge in [-0.1, -0.05) is 31.9 Å². The van der Waals surface area contributed by atoms with Gasteiger partial charge in [0.15, 0.2) is 5.78 Å². The summed E-state index contributed by atoms with van der Waals surface area (Å²) in [5.74, 6) is 0.0702. The van der Waals surface area contributed by atoms with Crippen LogP contribution in [0.3, 0.4) is 0 Å². The number of hydrogen-bond acceptors (Lipinski definition) is 2. The van der Waals surface area contributed by atoms with Crippen molar-refractivity contribution in [2.75, 3.05) is 0 Å². The molecular formula is C12H8Br2O2. The molecule has 0 N–H and O–H groups in total. The van der Waals surface area contributed by atoms with Crippen molar-refractivity contribution in [3.8, 4) is 0 Å². The Labute approximate surface area is 110 Å². The van der Waals surface area contributed by atoms with Crippen LogP contribution in [0.4, 0.5) is 0 Å². The Morgan fingerprint density at radius 3 is 2.69 bits per heavy atom. The largest absolute Gasteiger partial charge is 0.472 e. The minimum Gasteiger partial charge on any atom is -0.472 e. The van der Waals surface area contributed by atoms with E-state index < -0.39 is 0 Å². The fraction of sp³-hybridized carbons (Fsp3) is 0.0833. The maximum atomic E-state index is 12.0. The highest BCUT2D eigenvalue weighted by Gasteiger charge is 2.11. The quantitative estimate of drug-likeness (QED) is 0.780. The first kappa shape index (κ1) is 11.6. The van der Waals surface area contributed by atoms with Gasteiger partial charge in [-0.2, -0.15) is 0 Å². The van der Waals surface area contributed by atoms with E-state index in [1.165, 1.54) is 0 Å². The molecule has 0 saturated carbocycles. The van der Waals surface area contributed by atoms with Gasteiger partial charge in [-0.05, 0) is 29.8 Å². The molecule has 1 aromatic carbocycles. The van der Waals surface area contributed by atoms with Crippen molar-refractivity contribution >= 4 is 37.6 Å². The second kappa shape index (κ2) is 4.97. The molecule has 0 aliphatic heterocycles. The molecule has 0 saturated heterocycles. The van der Waals surface area contributed by atoms with E-state index in [0.29, 0.717) is 12.0 Å². The van der Waals surface area contributed by atoms with Crippen molar-refractivity contribution in [1.29, 1.82) is 0 Å². The molecule has 0 atom stereocenters. The minimum absolute atomic E-state index is 0.0702. The van der Waals surface area contributed by atoms with Crippen LogP contribution in [0, 0.1) is 0 Å². The van der Waals surface area contributed by atoms with Crippen LogP contribution in [0.5, 0.6) is 0 Å². The lowest BCUT2D eigenvalue weighted by atomic mass is 10.1. The number of carbonyl (C=O) groups excluding carboxylic acids is 1. The highest BCUT2D eigenvalue weighted by Crippen LogP contribution is 2.23. The van der Waals surface area contributed by atoms with Gasteiger partial charge in [0.2, 0.25) is 0 Å². The Kier molecular flexibility index (Phi) is 3.61. The van der Waals surface area contributed by atoms with Crippen LogP contribution in [0.1, 0.15) is 15.9 Å². The third kappa shape index (κ3) is 2.62. The number of ketones is 1. The molecule has 2 rings (SSSR count). The maximum absolute atomic E-state index is 12.0. The molecule has 0 aliphatic carbocycles. The standard InChI is InChI=1S/C12H8Br2O2/c13-9-1-2-10(11(14)6-9)12(15)5-8-3-4-16-7-8/h1-4,6-7H,5H2. The van der Waals surface area contributed by atoms with Crippen LogP contribution < -0.4 is 0 Å². The molecule has 1 heterocycles. The van der Waals surface area contributed by atoms with Crippen molar-refractivity contribution in [3.63, 3.8) is 0 Å². The zero-order valence-electron chi connectivity index (χ0n) is 8.24. The molecule has 16 heavy (non-hydrogen) atoms. The summed E-state index contributed by atoms with van der Waals surface area (Å²) in [4.78, 5) is 12.0. The Bertz CT molecular complexity index is 504. The first-order valence-corrected chi connectivity index (χ1v) is 6.25. The molecule has 0 bridgehead atoms. The lowest BCUT2D eigenvalue weighted by Crippen LogP contribution is -2.03. The lowest BCUT2D eigenvalue weighted by Gasteiger charge is -2.02. The van der Waals surface area contributed by atoms with E-state index in [1.54, 1.807) is 24.7 Å². The number of halogens is 2. The van der Waals surface area contributed by atoms with Crippen molar-refractivity contribution in [1.82, 2.24) is 0 Å². The predicted molar refractivity (Wildman–Crippen MR) is 68.6 cm³/mol. The highest BCUT2D eigenvalue weighted by atomic mass is 79.9. The summed E-state index contributed by atoms with van der Waals surface area (Å²) in [5.41, 5.74) is 1.57. The number of furan rings is 1. The topological polar surface area (TPSA) is 30.2 Å². The van der Waals surface area contributed by atoms with Gasteiger partial charge in [0.05, 0.1) is 12.5 Å². The summed E-state index contributed by atoms with van der Waals surface area (Å²) in [6.45, 7) is 0. The van der Waals surface area contributed by atoms with Gasteiger partial charge in [-0.15, -0.1) is 0 Å². The van der Waals surface area contributed by atoms with E-state index in [9.17, 15) is 4.79 Å². The summed E-state index contributed by atoms with van der Waals surface area (Å²) < 4.78 is 6.67. The molecule has 2 aromatic rings. The second-order valence-electron chi connectivity index (χ2n) is 3.36. The Morgan fingerprint density at radius 1 is 1.25 bits per heavy atom. The summed E-state index contributed by atoms with van der Waals surface area (Å²) in [5, 5.41) is 0. The Balaban J connectivity index is 2.21. The van der Waals surface area contributed by atoms with Crippen LogP contribution in [-0.4, -0.2) is 5.78 Å². The summed E-state index contributed by atoms with van der Waals surface area (Å²) in [7, 11) is 0. The molecule has 4 heteroatoms. The van der Waals surface area contributed by atoms with E-state index in [0.717, 1.165) is 14.5 Å². The third-order valence-electron chi connectivity index (χ3n) is 2.18. The molecule has 2 nitrogen and oxygen atoms in total. The molecule has 1 aromatic heterocycles. The normalized spacial score (nSPS) is 10.4. The van der Waals surface area contributed by atoms with Crippen molar-refractivity contribution in [2.24, 2.45) is 0 Å². The van der Waals surface area contributed by atoms with Crippen LogP contribution in [0.15, 0.2) is 50.2 Å². The van der Waals surface area contributed by atoms with E-state index in [-0.39, 0.29) is 5.78 Å². The van der Waals surface area contributed by atoms with Gasteiger partial charge < -0.3 is 4.42 Å².